The third-order valence-electron chi connectivity index (χ3n) is 4.59. The lowest BCUT2D eigenvalue weighted by Gasteiger charge is -2.14. The van der Waals surface area contributed by atoms with Crippen molar-refractivity contribution < 1.29 is 9.26 Å². The van der Waals surface area contributed by atoms with E-state index >= 15 is 0 Å². The van der Waals surface area contributed by atoms with Gasteiger partial charge in [0.25, 0.3) is 11.4 Å². The van der Waals surface area contributed by atoms with Gasteiger partial charge in [0, 0.05) is 17.2 Å². The van der Waals surface area contributed by atoms with Crippen LogP contribution in [0.3, 0.4) is 0 Å². The lowest BCUT2D eigenvalue weighted by Crippen LogP contribution is -2.25. The zero-order valence-corrected chi connectivity index (χ0v) is 16.1. The van der Waals surface area contributed by atoms with Crippen LogP contribution in [0.1, 0.15) is 25.6 Å². The molecule has 0 fully saturated rings. The minimum Gasteiger partial charge on any atom is -0.497 e. The smallest absolute Gasteiger partial charge is 0.272 e. The van der Waals surface area contributed by atoms with Crippen molar-refractivity contribution in [2.75, 3.05) is 7.11 Å². The van der Waals surface area contributed by atoms with E-state index in [1.807, 2.05) is 56.3 Å². The molecule has 2 aromatic heterocycles. The largest absolute Gasteiger partial charge is 0.497 e. The Labute approximate surface area is 161 Å². The van der Waals surface area contributed by atoms with E-state index in [-0.39, 0.29) is 11.6 Å². The average molecular weight is 376 g/mol. The summed E-state index contributed by atoms with van der Waals surface area (Å²) in [6, 6.07) is 13.1. The fraction of sp³-hybridized carbons (Fsp3) is 0.238. The first kappa shape index (κ1) is 17.9. The van der Waals surface area contributed by atoms with Crippen LogP contribution in [-0.2, 0) is 0 Å². The summed E-state index contributed by atoms with van der Waals surface area (Å²) in [6.45, 7) is 5.69. The third kappa shape index (κ3) is 3.05. The Balaban J connectivity index is 1.77. The van der Waals surface area contributed by atoms with Gasteiger partial charge in [0.05, 0.1) is 18.1 Å². The maximum atomic E-state index is 12.4. The van der Waals surface area contributed by atoms with Crippen LogP contribution < -0.4 is 10.3 Å². The molecule has 0 unspecified atom stereocenters. The summed E-state index contributed by atoms with van der Waals surface area (Å²) in [6.07, 6.45) is 0. The first-order valence-corrected chi connectivity index (χ1v) is 8.99. The lowest BCUT2D eigenvalue weighted by atomic mass is 10.1. The summed E-state index contributed by atoms with van der Waals surface area (Å²) in [5.41, 5.74) is 3.48. The third-order valence-corrected chi connectivity index (χ3v) is 4.59. The van der Waals surface area contributed by atoms with E-state index in [0.29, 0.717) is 17.4 Å². The molecule has 4 rings (SSSR count). The number of benzene rings is 2. The highest BCUT2D eigenvalue weighted by Gasteiger charge is 2.15. The predicted octanol–water partition coefficient (Wildman–Crippen LogP) is 4.01. The van der Waals surface area contributed by atoms with Gasteiger partial charge in [0.2, 0.25) is 5.82 Å². The molecule has 2 heterocycles. The normalized spacial score (nSPS) is 11.3. The van der Waals surface area contributed by atoms with Crippen LogP contribution in [-0.4, -0.2) is 26.8 Å². The van der Waals surface area contributed by atoms with E-state index in [0.717, 1.165) is 27.9 Å². The molecule has 0 radical (unpaired) electrons. The van der Waals surface area contributed by atoms with Crippen molar-refractivity contribution in [2.45, 2.75) is 26.8 Å². The average Bonchev–Trinajstić information content (AvgIpc) is 3.18. The van der Waals surface area contributed by atoms with Gasteiger partial charge in [-0.25, -0.2) is 4.98 Å². The zero-order chi connectivity index (χ0) is 19.8. The van der Waals surface area contributed by atoms with E-state index in [4.69, 9.17) is 9.26 Å². The monoisotopic (exact) mass is 376 g/mol. The predicted molar refractivity (Wildman–Crippen MR) is 106 cm³/mol. The molecule has 4 aromatic rings. The van der Waals surface area contributed by atoms with Crippen molar-refractivity contribution in [1.29, 1.82) is 0 Å². The van der Waals surface area contributed by atoms with Gasteiger partial charge in [-0.15, -0.1) is 0 Å². The number of fused-ring (bicyclic) bond motifs is 1. The Morgan fingerprint density at radius 3 is 2.43 bits per heavy atom. The molecule has 0 aliphatic carbocycles. The minimum absolute atomic E-state index is 0.0365. The van der Waals surface area contributed by atoms with E-state index in [1.54, 1.807) is 18.6 Å². The van der Waals surface area contributed by atoms with Crippen molar-refractivity contribution in [1.82, 2.24) is 19.7 Å². The molecule has 2 aromatic carbocycles. The Kier molecular flexibility index (Phi) is 4.43. The summed E-state index contributed by atoms with van der Waals surface area (Å²) < 4.78 is 12.3. The minimum atomic E-state index is -0.0726. The number of ether oxygens (including phenoxy) is 1. The Morgan fingerprint density at radius 1 is 1.04 bits per heavy atom. The van der Waals surface area contributed by atoms with Gasteiger partial charge in [-0.3, -0.25) is 4.79 Å². The van der Waals surface area contributed by atoms with Crippen LogP contribution >= 0.6 is 0 Å². The number of aryl methyl sites for hydroxylation is 1. The molecule has 0 amide bonds. The zero-order valence-electron chi connectivity index (χ0n) is 16.1. The molecule has 0 aliphatic heterocycles. The molecule has 0 spiro atoms. The van der Waals surface area contributed by atoms with E-state index < -0.39 is 0 Å². The fourth-order valence-electron chi connectivity index (χ4n) is 3.17. The standard InChI is InChI=1S/C21H20N4O3/c1-12(2)25-18-10-7-15(11-17(18)22-13(3)21(25)26)19-23-20(28-24-19)14-5-8-16(27-4)9-6-14/h5-12H,1-4H3. The van der Waals surface area contributed by atoms with Crippen LogP contribution in [0.2, 0.25) is 0 Å². The quantitative estimate of drug-likeness (QED) is 0.535. The van der Waals surface area contributed by atoms with Gasteiger partial charge < -0.3 is 13.8 Å². The van der Waals surface area contributed by atoms with Crippen molar-refractivity contribution >= 4 is 11.0 Å². The Bertz CT molecular complexity index is 1210. The van der Waals surface area contributed by atoms with Crippen LogP contribution in [0.25, 0.3) is 33.9 Å². The van der Waals surface area contributed by atoms with Crippen LogP contribution in [0, 0.1) is 6.92 Å². The first-order valence-electron chi connectivity index (χ1n) is 8.99. The van der Waals surface area contributed by atoms with Gasteiger partial charge in [0.1, 0.15) is 11.4 Å². The fourth-order valence-corrected chi connectivity index (χ4v) is 3.17. The topological polar surface area (TPSA) is 83.0 Å². The molecule has 28 heavy (non-hydrogen) atoms. The second-order valence-electron chi connectivity index (χ2n) is 6.82. The summed E-state index contributed by atoms with van der Waals surface area (Å²) >= 11 is 0. The van der Waals surface area contributed by atoms with Crippen molar-refractivity contribution in [3.8, 4) is 28.6 Å². The molecular weight excluding hydrogens is 356 g/mol. The van der Waals surface area contributed by atoms with Crippen LogP contribution in [0.4, 0.5) is 0 Å². The van der Waals surface area contributed by atoms with Crippen LogP contribution in [0.15, 0.2) is 51.8 Å². The summed E-state index contributed by atoms with van der Waals surface area (Å²) in [7, 11) is 1.62. The molecular formula is C21H20N4O3. The van der Waals surface area contributed by atoms with E-state index in [1.165, 1.54) is 0 Å². The van der Waals surface area contributed by atoms with Crippen molar-refractivity contribution in [2.24, 2.45) is 0 Å². The van der Waals surface area contributed by atoms with Crippen molar-refractivity contribution in [3.05, 3.63) is 58.5 Å². The molecule has 0 atom stereocenters. The van der Waals surface area contributed by atoms with E-state index in [9.17, 15) is 4.79 Å². The molecule has 0 aliphatic rings. The lowest BCUT2D eigenvalue weighted by molar-refractivity contribution is 0.414. The number of aromatic nitrogens is 4. The number of nitrogens with zero attached hydrogens (tertiary/aromatic N) is 4. The van der Waals surface area contributed by atoms with Gasteiger partial charge in [0.15, 0.2) is 0 Å². The molecule has 142 valence electrons. The molecule has 7 heteroatoms. The molecule has 0 N–H and O–H groups in total. The van der Waals surface area contributed by atoms with Crippen molar-refractivity contribution in [3.63, 3.8) is 0 Å². The molecule has 7 nitrogen and oxygen atoms in total. The second kappa shape index (κ2) is 6.92. The molecule has 0 saturated carbocycles. The first-order chi connectivity index (χ1) is 13.5. The molecule has 0 bridgehead atoms. The highest BCUT2D eigenvalue weighted by atomic mass is 16.5. The highest BCUT2D eigenvalue weighted by molar-refractivity contribution is 5.80. The van der Waals surface area contributed by atoms with Gasteiger partial charge >= 0.3 is 0 Å². The summed E-state index contributed by atoms with van der Waals surface area (Å²) in [4.78, 5) is 21.4. The number of rotatable bonds is 4. The number of methoxy groups -OCH3 is 1. The number of hydrogen-bond acceptors (Lipinski definition) is 6. The number of hydrogen-bond donors (Lipinski definition) is 0. The maximum absolute atomic E-state index is 12.4. The highest BCUT2D eigenvalue weighted by Crippen LogP contribution is 2.26. The summed E-state index contributed by atoms with van der Waals surface area (Å²) in [5, 5.41) is 4.10. The van der Waals surface area contributed by atoms with Gasteiger partial charge in [-0.2, -0.15) is 4.98 Å². The molecule has 0 saturated heterocycles. The van der Waals surface area contributed by atoms with E-state index in [2.05, 4.69) is 15.1 Å². The Morgan fingerprint density at radius 2 is 1.75 bits per heavy atom. The summed E-state index contributed by atoms with van der Waals surface area (Å²) in [5.74, 6) is 1.65. The van der Waals surface area contributed by atoms with Crippen LogP contribution in [0.5, 0.6) is 5.75 Å². The second-order valence-corrected chi connectivity index (χ2v) is 6.82. The SMILES string of the molecule is COc1ccc(-c2nc(-c3ccc4c(c3)nc(C)c(=O)n4C(C)C)no2)cc1. The Hall–Kier alpha value is -3.48. The maximum Gasteiger partial charge on any atom is 0.272 e. The van der Waals surface area contributed by atoms with Gasteiger partial charge in [-0.05, 0) is 63.2 Å². The van der Waals surface area contributed by atoms with Gasteiger partial charge in [-0.1, -0.05) is 5.16 Å².